The molecule has 1 N–H and O–H groups in total. The van der Waals surface area contributed by atoms with Crippen molar-refractivity contribution in [2.45, 2.75) is 31.2 Å². The number of aromatic nitrogens is 1. The van der Waals surface area contributed by atoms with Gasteiger partial charge in [-0.05, 0) is 42.2 Å². The second-order valence-corrected chi connectivity index (χ2v) is 7.27. The Kier molecular flexibility index (Phi) is 3.52. The number of aromatic amines is 1. The van der Waals surface area contributed by atoms with E-state index in [9.17, 15) is 4.79 Å². The van der Waals surface area contributed by atoms with Crippen LogP contribution >= 0.6 is 0 Å². The summed E-state index contributed by atoms with van der Waals surface area (Å²) >= 11 is 0. The molecule has 1 fully saturated rings. The molecule has 2 unspecified atom stereocenters. The summed E-state index contributed by atoms with van der Waals surface area (Å²) < 4.78 is 5.42. The molecule has 4 nitrogen and oxygen atoms in total. The SMILES string of the molecule is COc1ccc2[nH]c3c(c2c1)CCN1C(=O)CCC(c2ccccc2)C31. The van der Waals surface area contributed by atoms with Crippen LogP contribution in [0.5, 0.6) is 5.75 Å². The third-order valence-corrected chi connectivity index (χ3v) is 5.98. The Morgan fingerprint density at radius 3 is 2.77 bits per heavy atom. The van der Waals surface area contributed by atoms with Gasteiger partial charge in [-0.15, -0.1) is 0 Å². The highest BCUT2D eigenvalue weighted by Gasteiger charge is 2.42. The molecule has 0 saturated carbocycles. The van der Waals surface area contributed by atoms with Crippen molar-refractivity contribution < 1.29 is 9.53 Å². The van der Waals surface area contributed by atoms with Gasteiger partial charge in [0.25, 0.3) is 0 Å². The summed E-state index contributed by atoms with van der Waals surface area (Å²) in [6, 6.07) is 16.9. The van der Waals surface area contributed by atoms with E-state index in [1.165, 1.54) is 22.2 Å². The quantitative estimate of drug-likeness (QED) is 0.756. The third-order valence-electron chi connectivity index (χ3n) is 5.98. The van der Waals surface area contributed by atoms with Gasteiger partial charge in [-0.3, -0.25) is 4.79 Å². The van der Waals surface area contributed by atoms with Gasteiger partial charge in [-0.25, -0.2) is 0 Å². The number of fused-ring (bicyclic) bond motifs is 5. The van der Waals surface area contributed by atoms with Crippen molar-refractivity contribution in [2.75, 3.05) is 13.7 Å². The number of H-pyrrole nitrogens is 1. The summed E-state index contributed by atoms with van der Waals surface area (Å²) in [5.41, 5.74) is 5.00. The summed E-state index contributed by atoms with van der Waals surface area (Å²) in [6.45, 7) is 0.796. The Labute approximate surface area is 152 Å². The van der Waals surface area contributed by atoms with Gasteiger partial charge >= 0.3 is 0 Å². The van der Waals surface area contributed by atoms with Crippen LogP contribution < -0.4 is 4.74 Å². The zero-order chi connectivity index (χ0) is 17.7. The highest BCUT2D eigenvalue weighted by molar-refractivity contribution is 5.88. The lowest BCUT2D eigenvalue weighted by atomic mass is 9.78. The Morgan fingerprint density at radius 2 is 1.96 bits per heavy atom. The molecule has 0 spiro atoms. The molecule has 1 amide bonds. The van der Waals surface area contributed by atoms with E-state index in [2.05, 4.69) is 52.3 Å². The zero-order valence-electron chi connectivity index (χ0n) is 14.9. The summed E-state index contributed by atoms with van der Waals surface area (Å²) in [4.78, 5) is 18.4. The molecule has 2 atom stereocenters. The maximum absolute atomic E-state index is 12.6. The van der Waals surface area contributed by atoms with E-state index >= 15 is 0 Å². The lowest BCUT2D eigenvalue weighted by Crippen LogP contribution is -2.45. The molecule has 2 aliphatic heterocycles. The molecule has 2 aliphatic rings. The van der Waals surface area contributed by atoms with E-state index < -0.39 is 0 Å². The highest BCUT2D eigenvalue weighted by atomic mass is 16.5. The van der Waals surface area contributed by atoms with Crippen molar-refractivity contribution in [3.63, 3.8) is 0 Å². The monoisotopic (exact) mass is 346 g/mol. The minimum Gasteiger partial charge on any atom is -0.497 e. The van der Waals surface area contributed by atoms with Crippen LogP contribution in [0.2, 0.25) is 0 Å². The lowest BCUT2D eigenvalue weighted by Gasteiger charge is -2.44. The molecule has 3 heterocycles. The first kappa shape index (κ1) is 15.5. The average molecular weight is 346 g/mol. The zero-order valence-corrected chi connectivity index (χ0v) is 14.9. The number of ether oxygens (including phenoxy) is 1. The second kappa shape index (κ2) is 5.90. The molecule has 132 valence electrons. The van der Waals surface area contributed by atoms with Crippen LogP contribution in [-0.4, -0.2) is 29.4 Å². The van der Waals surface area contributed by atoms with Crippen molar-refractivity contribution >= 4 is 16.8 Å². The van der Waals surface area contributed by atoms with Gasteiger partial charge in [0.05, 0.1) is 13.2 Å². The second-order valence-electron chi connectivity index (χ2n) is 7.27. The summed E-state index contributed by atoms with van der Waals surface area (Å²) in [5.74, 6) is 1.49. The fourth-order valence-corrected chi connectivity index (χ4v) is 4.75. The van der Waals surface area contributed by atoms with E-state index in [1.807, 2.05) is 6.07 Å². The fourth-order valence-electron chi connectivity index (χ4n) is 4.75. The maximum Gasteiger partial charge on any atom is 0.223 e. The summed E-state index contributed by atoms with van der Waals surface area (Å²) in [7, 11) is 1.70. The molecule has 5 rings (SSSR count). The predicted octanol–water partition coefficient (Wildman–Crippen LogP) is 4.18. The van der Waals surface area contributed by atoms with Crippen LogP contribution in [0, 0.1) is 0 Å². The predicted molar refractivity (Wildman–Crippen MR) is 101 cm³/mol. The number of rotatable bonds is 2. The van der Waals surface area contributed by atoms with Gasteiger partial charge < -0.3 is 14.6 Å². The standard InChI is InChI=1S/C22H22N2O2/c1-26-15-7-9-19-18(13-15)17-11-12-24-20(25)10-8-16(22(24)21(17)23-19)14-5-3-2-4-6-14/h2-7,9,13,16,22-23H,8,10-12H2,1H3. The van der Waals surface area contributed by atoms with Crippen LogP contribution in [-0.2, 0) is 11.2 Å². The topological polar surface area (TPSA) is 45.3 Å². The minimum absolute atomic E-state index is 0.0980. The van der Waals surface area contributed by atoms with E-state index in [1.54, 1.807) is 7.11 Å². The normalized spacial score (nSPS) is 22.2. The highest BCUT2D eigenvalue weighted by Crippen LogP contribution is 2.47. The van der Waals surface area contributed by atoms with Crippen molar-refractivity contribution in [3.8, 4) is 5.75 Å². The molecule has 0 aliphatic carbocycles. The van der Waals surface area contributed by atoms with Gasteiger partial charge in [0.1, 0.15) is 5.75 Å². The number of carbonyl (C=O) groups excluding carboxylic acids is 1. The molecule has 0 bridgehead atoms. The number of nitrogens with zero attached hydrogens (tertiary/aromatic N) is 1. The molecule has 0 radical (unpaired) electrons. The van der Waals surface area contributed by atoms with Gasteiger partial charge in [-0.2, -0.15) is 0 Å². The van der Waals surface area contributed by atoms with E-state index in [-0.39, 0.29) is 11.9 Å². The van der Waals surface area contributed by atoms with Gasteiger partial charge in [0.15, 0.2) is 0 Å². The molecule has 1 saturated heterocycles. The molecular formula is C22H22N2O2. The lowest BCUT2D eigenvalue weighted by molar-refractivity contribution is -0.138. The van der Waals surface area contributed by atoms with Crippen molar-refractivity contribution in [1.29, 1.82) is 0 Å². The number of amides is 1. The largest absolute Gasteiger partial charge is 0.497 e. The minimum atomic E-state index is 0.0980. The number of methoxy groups -OCH3 is 1. The van der Waals surface area contributed by atoms with E-state index in [4.69, 9.17) is 4.74 Å². The Morgan fingerprint density at radius 1 is 1.12 bits per heavy atom. The molecule has 1 aromatic heterocycles. The molecule has 2 aromatic carbocycles. The molecule has 4 heteroatoms. The van der Waals surface area contributed by atoms with Crippen LogP contribution in [0.3, 0.4) is 0 Å². The maximum atomic E-state index is 12.6. The smallest absolute Gasteiger partial charge is 0.223 e. The van der Waals surface area contributed by atoms with E-state index in [0.717, 1.165) is 30.7 Å². The Balaban J connectivity index is 1.67. The molecular weight excluding hydrogens is 324 g/mol. The number of benzene rings is 2. The van der Waals surface area contributed by atoms with Crippen LogP contribution in [0.4, 0.5) is 0 Å². The number of piperidine rings is 1. The Hall–Kier alpha value is -2.75. The number of hydrogen-bond acceptors (Lipinski definition) is 2. The average Bonchev–Trinajstić information content (AvgIpc) is 3.07. The van der Waals surface area contributed by atoms with Gasteiger partial charge in [0.2, 0.25) is 5.91 Å². The Bertz CT molecular complexity index is 976. The molecule has 3 aromatic rings. The summed E-state index contributed by atoms with van der Waals surface area (Å²) in [6.07, 6.45) is 2.44. The van der Waals surface area contributed by atoms with Crippen LogP contribution in [0.25, 0.3) is 10.9 Å². The fraction of sp³-hybridized carbons (Fsp3) is 0.318. The van der Waals surface area contributed by atoms with E-state index in [0.29, 0.717) is 12.3 Å². The number of nitrogens with one attached hydrogen (secondary N) is 1. The summed E-state index contributed by atoms with van der Waals surface area (Å²) in [5, 5.41) is 1.23. The van der Waals surface area contributed by atoms with Crippen LogP contribution in [0.15, 0.2) is 48.5 Å². The van der Waals surface area contributed by atoms with Crippen LogP contribution in [0.1, 0.15) is 41.6 Å². The first-order valence-corrected chi connectivity index (χ1v) is 9.29. The van der Waals surface area contributed by atoms with Crippen molar-refractivity contribution in [1.82, 2.24) is 9.88 Å². The van der Waals surface area contributed by atoms with Gasteiger partial charge in [0, 0.05) is 35.5 Å². The van der Waals surface area contributed by atoms with Gasteiger partial charge in [-0.1, -0.05) is 30.3 Å². The third kappa shape index (κ3) is 2.25. The molecule has 26 heavy (non-hydrogen) atoms. The number of hydrogen-bond donors (Lipinski definition) is 1. The number of carbonyl (C=O) groups is 1. The van der Waals surface area contributed by atoms with Crippen molar-refractivity contribution in [3.05, 3.63) is 65.4 Å². The van der Waals surface area contributed by atoms with Crippen molar-refractivity contribution in [2.24, 2.45) is 0 Å². The first-order chi connectivity index (χ1) is 12.8. The first-order valence-electron chi connectivity index (χ1n) is 9.29.